The zero-order chi connectivity index (χ0) is 20.4. The average molecular weight is 389 g/mol. The van der Waals surface area contributed by atoms with Crippen molar-refractivity contribution in [2.24, 2.45) is 5.73 Å². The van der Waals surface area contributed by atoms with Crippen molar-refractivity contribution in [2.75, 3.05) is 0 Å². The molecule has 0 radical (unpaired) electrons. The van der Waals surface area contributed by atoms with Gasteiger partial charge in [-0.05, 0) is 37.1 Å². The minimum atomic E-state index is -0.490. The molecular formula is C23H20FN3O2. The summed E-state index contributed by atoms with van der Waals surface area (Å²) >= 11 is 0. The lowest BCUT2D eigenvalue weighted by Gasteiger charge is -2.10. The monoisotopic (exact) mass is 389 g/mol. The number of nitrogens with zero attached hydrogens (tertiary/aromatic N) is 2. The van der Waals surface area contributed by atoms with Crippen molar-refractivity contribution < 1.29 is 13.7 Å². The third-order valence-electron chi connectivity index (χ3n) is 5.00. The average Bonchev–Trinajstić information content (AvgIpc) is 3.33. The van der Waals surface area contributed by atoms with Gasteiger partial charge in [0.05, 0.1) is 11.3 Å². The van der Waals surface area contributed by atoms with Gasteiger partial charge in [0.25, 0.3) is 5.91 Å². The molecule has 0 bridgehead atoms. The molecule has 0 unspecified atom stereocenters. The van der Waals surface area contributed by atoms with E-state index in [1.165, 1.54) is 12.1 Å². The molecule has 1 amide bonds. The molecule has 2 N–H and O–H groups in total. The fraction of sp³-hybridized carbons (Fsp3) is 0.130. The first-order valence-corrected chi connectivity index (χ1v) is 9.30. The number of rotatable bonds is 6. The maximum absolute atomic E-state index is 13.2. The predicted molar refractivity (Wildman–Crippen MR) is 109 cm³/mol. The van der Waals surface area contributed by atoms with Crippen molar-refractivity contribution in [3.63, 3.8) is 0 Å². The Morgan fingerprint density at radius 2 is 1.83 bits per heavy atom. The molecule has 146 valence electrons. The van der Waals surface area contributed by atoms with Gasteiger partial charge in [-0.2, -0.15) is 0 Å². The van der Waals surface area contributed by atoms with E-state index in [0.29, 0.717) is 30.0 Å². The molecule has 0 saturated heterocycles. The van der Waals surface area contributed by atoms with E-state index in [1.807, 2.05) is 47.9 Å². The lowest BCUT2D eigenvalue weighted by molar-refractivity contribution is 0.0999. The summed E-state index contributed by atoms with van der Waals surface area (Å²) < 4.78 is 20.7. The van der Waals surface area contributed by atoms with Gasteiger partial charge in [0.1, 0.15) is 11.5 Å². The molecular weight excluding hydrogens is 369 g/mol. The lowest BCUT2D eigenvalue weighted by atomic mass is 10.1. The van der Waals surface area contributed by atoms with Crippen LogP contribution in [0.25, 0.3) is 22.7 Å². The largest absolute Gasteiger partial charge is 0.366 e. The van der Waals surface area contributed by atoms with Crippen molar-refractivity contribution in [1.29, 1.82) is 0 Å². The van der Waals surface area contributed by atoms with E-state index in [9.17, 15) is 9.18 Å². The maximum Gasteiger partial charge on any atom is 0.250 e. The molecule has 0 aliphatic carbocycles. The molecule has 0 saturated carbocycles. The molecule has 2 aromatic heterocycles. The molecule has 29 heavy (non-hydrogen) atoms. The number of benzene rings is 2. The highest BCUT2D eigenvalue weighted by atomic mass is 19.1. The lowest BCUT2D eigenvalue weighted by Crippen LogP contribution is -2.13. The smallest absolute Gasteiger partial charge is 0.250 e. The number of hydrogen-bond acceptors (Lipinski definition) is 3. The summed E-state index contributed by atoms with van der Waals surface area (Å²) in [5, 5.41) is 4.21. The third kappa shape index (κ3) is 3.82. The second kappa shape index (κ2) is 7.75. The van der Waals surface area contributed by atoms with Gasteiger partial charge in [-0.25, -0.2) is 4.39 Å². The van der Waals surface area contributed by atoms with Gasteiger partial charge in [0.2, 0.25) is 0 Å². The second-order valence-corrected chi connectivity index (χ2v) is 6.86. The van der Waals surface area contributed by atoms with Crippen molar-refractivity contribution in [3.05, 3.63) is 89.4 Å². The van der Waals surface area contributed by atoms with Crippen LogP contribution in [0.4, 0.5) is 4.39 Å². The van der Waals surface area contributed by atoms with Crippen LogP contribution in [-0.2, 0) is 13.0 Å². The fourth-order valence-corrected chi connectivity index (χ4v) is 3.42. The van der Waals surface area contributed by atoms with Crippen molar-refractivity contribution >= 4 is 5.91 Å². The molecule has 2 aromatic carbocycles. The van der Waals surface area contributed by atoms with Gasteiger partial charge >= 0.3 is 0 Å². The van der Waals surface area contributed by atoms with Crippen LogP contribution >= 0.6 is 0 Å². The number of primary amides is 1. The van der Waals surface area contributed by atoms with E-state index < -0.39 is 5.91 Å². The number of halogens is 1. The fourth-order valence-electron chi connectivity index (χ4n) is 3.42. The van der Waals surface area contributed by atoms with Gasteiger partial charge in [-0.3, -0.25) is 4.79 Å². The summed E-state index contributed by atoms with van der Waals surface area (Å²) in [5.41, 5.74) is 10.1. The van der Waals surface area contributed by atoms with Crippen LogP contribution in [0, 0.1) is 12.7 Å². The molecule has 2 heterocycles. The number of carbonyl (C=O) groups excluding carboxylic acids is 1. The van der Waals surface area contributed by atoms with Crippen molar-refractivity contribution in [3.8, 4) is 22.7 Å². The van der Waals surface area contributed by atoms with Crippen molar-refractivity contribution in [1.82, 2.24) is 9.72 Å². The van der Waals surface area contributed by atoms with E-state index in [2.05, 4.69) is 5.16 Å². The number of aryl methyl sites for hydroxylation is 1. The minimum Gasteiger partial charge on any atom is -0.366 e. The highest BCUT2D eigenvalue weighted by molar-refractivity contribution is 5.95. The molecule has 6 heteroatoms. The number of hydrogen-bond donors (Lipinski definition) is 1. The maximum atomic E-state index is 13.2. The summed E-state index contributed by atoms with van der Waals surface area (Å²) in [5.74, 6) is -0.111. The second-order valence-electron chi connectivity index (χ2n) is 6.86. The molecule has 0 aliphatic heterocycles. The molecule has 0 spiro atoms. The van der Waals surface area contributed by atoms with Crippen LogP contribution < -0.4 is 5.73 Å². The Kier molecular flexibility index (Phi) is 4.99. The Morgan fingerprint density at radius 1 is 1.10 bits per heavy atom. The molecule has 0 atom stereocenters. The first-order chi connectivity index (χ1) is 14.0. The SMILES string of the molecule is Cc1c(C(N)=O)cc(-c2cc(-c3ccccc3)on2)n1CCc1ccc(F)cc1. The molecule has 4 rings (SSSR count). The molecule has 0 aliphatic rings. The molecule has 0 fully saturated rings. The van der Waals surface area contributed by atoms with Crippen LogP contribution in [0.5, 0.6) is 0 Å². The Morgan fingerprint density at radius 3 is 2.52 bits per heavy atom. The van der Waals surface area contributed by atoms with E-state index in [1.54, 1.807) is 18.2 Å². The number of carbonyl (C=O) groups is 1. The first kappa shape index (κ1) is 18.7. The van der Waals surface area contributed by atoms with E-state index >= 15 is 0 Å². The Bertz CT molecular complexity index is 1140. The predicted octanol–water partition coefficient (Wildman–Crippen LogP) is 4.60. The minimum absolute atomic E-state index is 0.265. The van der Waals surface area contributed by atoms with Crippen LogP contribution in [0.2, 0.25) is 0 Å². The van der Waals surface area contributed by atoms with E-state index in [0.717, 1.165) is 22.5 Å². The van der Waals surface area contributed by atoms with Gasteiger partial charge in [-0.15, -0.1) is 0 Å². The van der Waals surface area contributed by atoms with Crippen LogP contribution in [0.15, 0.2) is 71.3 Å². The normalized spacial score (nSPS) is 11.0. The zero-order valence-corrected chi connectivity index (χ0v) is 15.9. The number of amides is 1. The summed E-state index contributed by atoms with van der Waals surface area (Å²) in [4.78, 5) is 11.9. The van der Waals surface area contributed by atoms with Gasteiger partial charge in [0, 0.05) is 23.9 Å². The highest BCUT2D eigenvalue weighted by Gasteiger charge is 2.19. The van der Waals surface area contributed by atoms with Crippen molar-refractivity contribution in [2.45, 2.75) is 19.9 Å². The Hall–Kier alpha value is -3.67. The number of nitrogens with two attached hydrogens (primary N) is 1. The molecule has 5 nitrogen and oxygen atoms in total. The third-order valence-corrected chi connectivity index (χ3v) is 5.00. The zero-order valence-electron chi connectivity index (χ0n) is 15.9. The summed E-state index contributed by atoms with van der Waals surface area (Å²) in [6.45, 7) is 2.44. The van der Waals surface area contributed by atoms with Crippen LogP contribution in [-0.4, -0.2) is 15.6 Å². The topological polar surface area (TPSA) is 74.1 Å². The molecule has 4 aromatic rings. The summed E-state index contributed by atoms with van der Waals surface area (Å²) in [7, 11) is 0. The van der Waals surface area contributed by atoms with E-state index in [4.69, 9.17) is 10.3 Å². The van der Waals surface area contributed by atoms with E-state index in [-0.39, 0.29) is 5.82 Å². The first-order valence-electron chi connectivity index (χ1n) is 9.30. The van der Waals surface area contributed by atoms with Crippen LogP contribution in [0.3, 0.4) is 0 Å². The number of aromatic nitrogens is 2. The van der Waals surface area contributed by atoms with Gasteiger partial charge in [0.15, 0.2) is 5.76 Å². The van der Waals surface area contributed by atoms with Gasteiger partial charge in [-0.1, -0.05) is 47.6 Å². The quantitative estimate of drug-likeness (QED) is 0.524. The highest BCUT2D eigenvalue weighted by Crippen LogP contribution is 2.29. The Labute approximate surface area is 167 Å². The summed E-state index contributed by atoms with van der Waals surface area (Å²) in [6.07, 6.45) is 0.671. The summed E-state index contributed by atoms with van der Waals surface area (Å²) in [6, 6.07) is 19.7. The Balaban J connectivity index is 1.69. The van der Waals surface area contributed by atoms with Crippen LogP contribution in [0.1, 0.15) is 21.6 Å². The van der Waals surface area contributed by atoms with Gasteiger partial charge < -0.3 is 14.8 Å². The standard InChI is InChI=1S/C23H20FN3O2/c1-15-19(23(25)28)13-21(27(15)12-11-16-7-9-18(24)10-8-16)20-14-22(29-26-20)17-5-3-2-4-6-17/h2-10,13-14H,11-12H2,1H3,(H2,25,28).